The van der Waals surface area contributed by atoms with Crippen molar-refractivity contribution in [2.75, 3.05) is 5.43 Å². The Morgan fingerprint density at radius 2 is 1.48 bits per heavy atom. The Hall–Kier alpha value is -3.09. The van der Waals surface area contributed by atoms with Crippen molar-refractivity contribution in [3.05, 3.63) is 48.8 Å². The number of aromatic nitrogens is 5. The summed E-state index contributed by atoms with van der Waals surface area (Å²) in [6.45, 7) is 6.04. The Kier molecular flexibility index (Phi) is 4.56. The van der Waals surface area contributed by atoms with E-state index >= 15 is 0 Å². The predicted octanol–water partition coefficient (Wildman–Crippen LogP) is 2.91. The molecule has 0 bridgehead atoms. The number of hydrogen-bond donors (Lipinski definition) is 1. The van der Waals surface area contributed by atoms with Gasteiger partial charge < -0.3 is 0 Å². The van der Waals surface area contributed by atoms with E-state index in [0.717, 1.165) is 0 Å². The summed E-state index contributed by atoms with van der Waals surface area (Å²) in [5.74, 6) is 0.800. The largest absolute Gasteiger partial charge is 0.273 e. The van der Waals surface area contributed by atoms with Crippen molar-refractivity contribution in [2.24, 2.45) is 5.41 Å². The molecule has 0 aromatic carbocycles. The fourth-order valence-corrected chi connectivity index (χ4v) is 2.36. The summed E-state index contributed by atoms with van der Waals surface area (Å²) < 4.78 is 1.55. The number of carbonyl (C=O) groups is 1. The Morgan fingerprint density at radius 1 is 0.960 bits per heavy atom. The van der Waals surface area contributed by atoms with Crippen molar-refractivity contribution in [1.82, 2.24) is 24.8 Å². The second-order valence-electron chi connectivity index (χ2n) is 6.88. The molecule has 0 fully saturated rings. The number of hydrogen-bond acceptors (Lipinski definition) is 5. The summed E-state index contributed by atoms with van der Waals surface area (Å²) in [4.78, 5) is 21.1. The molecule has 3 aromatic rings. The molecule has 7 heteroatoms. The van der Waals surface area contributed by atoms with E-state index in [0.29, 0.717) is 29.5 Å². The van der Waals surface area contributed by atoms with Crippen LogP contribution in [0.2, 0.25) is 0 Å². The van der Waals surface area contributed by atoms with Gasteiger partial charge in [0, 0.05) is 18.8 Å². The topological polar surface area (TPSA) is 85.6 Å². The van der Waals surface area contributed by atoms with Gasteiger partial charge in [0.25, 0.3) is 0 Å². The van der Waals surface area contributed by atoms with Gasteiger partial charge >= 0.3 is 0 Å². The number of rotatable bonds is 4. The van der Waals surface area contributed by atoms with Crippen LogP contribution in [0.25, 0.3) is 23.0 Å². The van der Waals surface area contributed by atoms with E-state index in [-0.39, 0.29) is 11.3 Å². The van der Waals surface area contributed by atoms with Gasteiger partial charge in [0.15, 0.2) is 0 Å². The first-order valence-electron chi connectivity index (χ1n) is 8.02. The quantitative estimate of drug-likeness (QED) is 0.792. The van der Waals surface area contributed by atoms with Crippen LogP contribution < -0.4 is 5.43 Å². The van der Waals surface area contributed by atoms with Crippen molar-refractivity contribution < 1.29 is 4.79 Å². The van der Waals surface area contributed by atoms with Crippen molar-refractivity contribution >= 4 is 5.91 Å². The normalized spacial score (nSPS) is 11.3. The molecule has 0 atom stereocenters. The molecule has 128 valence electrons. The van der Waals surface area contributed by atoms with Crippen LogP contribution in [0.4, 0.5) is 0 Å². The first-order chi connectivity index (χ1) is 11.9. The number of nitrogens with zero attached hydrogens (tertiary/aromatic N) is 5. The molecule has 3 heterocycles. The van der Waals surface area contributed by atoms with Crippen LogP contribution >= 0.6 is 0 Å². The third-order valence-electron chi connectivity index (χ3n) is 3.38. The summed E-state index contributed by atoms with van der Waals surface area (Å²) >= 11 is 0. The maximum atomic E-state index is 12.5. The second-order valence-corrected chi connectivity index (χ2v) is 6.88. The van der Waals surface area contributed by atoms with Gasteiger partial charge in [-0.3, -0.25) is 20.2 Å². The molecule has 25 heavy (non-hydrogen) atoms. The summed E-state index contributed by atoms with van der Waals surface area (Å²) in [6, 6.07) is 11.0. The zero-order valence-electron chi connectivity index (χ0n) is 14.5. The van der Waals surface area contributed by atoms with Crippen LogP contribution in [0.1, 0.15) is 27.2 Å². The summed E-state index contributed by atoms with van der Waals surface area (Å²) in [5, 5.41) is 8.42. The van der Waals surface area contributed by atoms with E-state index < -0.39 is 0 Å². The fraction of sp³-hybridized carbons (Fsp3) is 0.278. The maximum absolute atomic E-state index is 12.5. The van der Waals surface area contributed by atoms with E-state index in [4.69, 9.17) is 0 Å². The average molecular weight is 336 g/mol. The van der Waals surface area contributed by atoms with Crippen molar-refractivity contribution in [1.29, 1.82) is 0 Å². The molecule has 0 aliphatic heterocycles. The third-order valence-corrected chi connectivity index (χ3v) is 3.38. The lowest BCUT2D eigenvalue weighted by atomic mass is 9.92. The zero-order chi connectivity index (χ0) is 17.9. The van der Waals surface area contributed by atoms with E-state index in [9.17, 15) is 4.79 Å². The minimum Gasteiger partial charge on any atom is -0.273 e. The molecule has 1 amide bonds. The van der Waals surface area contributed by atoms with Gasteiger partial charge in [-0.1, -0.05) is 32.9 Å². The van der Waals surface area contributed by atoms with E-state index in [1.54, 1.807) is 17.1 Å². The van der Waals surface area contributed by atoms with E-state index in [1.165, 1.54) is 0 Å². The SMILES string of the molecule is CC(C)(C)CC(=O)Nn1c(-c2ccccn2)nnc1-c1ccccn1. The minimum atomic E-state index is -0.131. The summed E-state index contributed by atoms with van der Waals surface area (Å²) in [6.07, 6.45) is 3.71. The molecule has 0 radical (unpaired) electrons. The van der Waals surface area contributed by atoms with Crippen LogP contribution in [-0.4, -0.2) is 30.7 Å². The zero-order valence-corrected chi connectivity index (χ0v) is 14.5. The number of amides is 1. The molecule has 0 aliphatic rings. The van der Waals surface area contributed by atoms with Gasteiger partial charge in [0.1, 0.15) is 11.4 Å². The third kappa shape index (κ3) is 4.06. The van der Waals surface area contributed by atoms with Crippen LogP contribution in [0, 0.1) is 5.41 Å². The summed E-state index contributed by atoms with van der Waals surface area (Å²) in [5.41, 5.74) is 3.99. The molecule has 0 aliphatic carbocycles. The lowest BCUT2D eigenvalue weighted by Crippen LogP contribution is -2.28. The van der Waals surface area contributed by atoms with Gasteiger partial charge in [-0.2, -0.15) is 0 Å². The smallest absolute Gasteiger partial charge is 0.239 e. The highest BCUT2D eigenvalue weighted by Gasteiger charge is 2.21. The molecular formula is C18H20N6O. The molecule has 1 N–H and O–H groups in total. The van der Waals surface area contributed by atoms with Gasteiger partial charge in [-0.15, -0.1) is 10.2 Å². The molecule has 3 rings (SSSR count). The molecule has 7 nitrogen and oxygen atoms in total. The van der Waals surface area contributed by atoms with Crippen molar-refractivity contribution in [3.63, 3.8) is 0 Å². The lowest BCUT2D eigenvalue weighted by Gasteiger charge is -2.18. The summed E-state index contributed by atoms with van der Waals surface area (Å²) in [7, 11) is 0. The van der Waals surface area contributed by atoms with Gasteiger partial charge in [-0.25, -0.2) is 4.68 Å². The lowest BCUT2D eigenvalue weighted by molar-refractivity contribution is -0.118. The first kappa shape index (κ1) is 16.8. The number of nitrogens with one attached hydrogen (secondary N) is 1. The highest BCUT2D eigenvalue weighted by molar-refractivity contribution is 5.85. The molecule has 0 spiro atoms. The van der Waals surface area contributed by atoms with Crippen LogP contribution in [0.15, 0.2) is 48.8 Å². The average Bonchev–Trinajstić information content (AvgIpc) is 2.98. The molecule has 0 saturated carbocycles. The highest BCUT2D eigenvalue weighted by Crippen LogP contribution is 2.22. The monoisotopic (exact) mass is 336 g/mol. The first-order valence-corrected chi connectivity index (χ1v) is 8.02. The molecule has 0 saturated heterocycles. The Morgan fingerprint density at radius 3 is 1.88 bits per heavy atom. The number of pyridine rings is 2. The van der Waals surface area contributed by atoms with Gasteiger partial charge in [0.2, 0.25) is 17.6 Å². The van der Waals surface area contributed by atoms with Crippen molar-refractivity contribution in [3.8, 4) is 23.0 Å². The minimum absolute atomic E-state index is 0.123. The van der Waals surface area contributed by atoms with Crippen LogP contribution in [0.5, 0.6) is 0 Å². The van der Waals surface area contributed by atoms with Gasteiger partial charge in [-0.05, 0) is 29.7 Å². The fourth-order valence-electron chi connectivity index (χ4n) is 2.36. The van der Waals surface area contributed by atoms with Crippen LogP contribution in [-0.2, 0) is 4.79 Å². The maximum Gasteiger partial charge on any atom is 0.239 e. The standard InChI is InChI=1S/C18H20N6O/c1-18(2,3)12-15(25)23-24-16(13-8-4-6-10-19-13)21-22-17(24)14-9-5-7-11-20-14/h4-11H,12H2,1-3H3,(H,23,25). The van der Waals surface area contributed by atoms with E-state index in [1.807, 2.05) is 57.2 Å². The Balaban J connectivity index is 2.03. The number of carbonyl (C=O) groups excluding carboxylic acids is 1. The molecule has 3 aromatic heterocycles. The predicted molar refractivity (Wildman–Crippen MR) is 94.9 cm³/mol. The van der Waals surface area contributed by atoms with Crippen LogP contribution in [0.3, 0.4) is 0 Å². The van der Waals surface area contributed by atoms with E-state index in [2.05, 4.69) is 25.6 Å². The second kappa shape index (κ2) is 6.80. The molecular weight excluding hydrogens is 316 g/mol. The van der Waals surface area contributed by atoms with Crippen molar-refractivity contribution in [2.45, 2.75) is 27.2 Å². The Bertz CT molecular complexity index is 795. The van der Waals surface area contributed by atoms with Gasteiger partial charge in [0.05, 0.1) is 0 Å². The molecule has 0 unspecified atom stereocenters. The highest BCUT2D eigenvalue weighted by atomic mass is 16.2. The Labute approximate surface area is 146 Å².